The van der Waals surface area contributed by atoms with E-state index >= 15 is 0 Å². The molecular formula is C13H20O. The lowest BCUT2D eigenvalue weighted by atomic mass is 10.0. The summed E-state index contributed by atoms with van der Waals surface area (Å²) in [5, 5.41) is 0. The van der Waals surface area contributed by atoms with Gasteiger partial charge in [0, 0.05) is 0 Å². The molecule has 0 atom stereocenters. The standard InChI is InChI=1S/C13H20O/c14-12-13-10-8-6-4-2-1-3-5-7-9-11-13/h6,8,10,12H,1-5,7,9,11H2. The summed E-state index contributed by atoms with van der Waals surface area (Å²) < 4.78 is 0. The Kier molecular flexibility index (Phi) is 6.05. The van der Waals surface area contributed by atoms with E-state index in [0.29, 0.717) is 0 Å². The van der Waals surface area contributed by atoms with Crippen molar-refractivity contribution in [1.82, 2.24) is 0 Å². The Hall–Kier alpha value is -0.850. The average molecular weight is 192 g/mol. The van der Waals surface area contributed by atoms with E-state index in [4.69, 9.17) is 0 Å². The quantitative estimate of drug-likeness (QED) is 0.577. The first-order chi connectivity index (χ1) is 6.93. The highest BCUT2D eigenvalue weighted by Gasteiger charge is 1.96. The van der Waals surface area contributed by atoms with Gasteiger partial charge < -0.3 is 0 Å². The molecule has 0 heterocycles. The Morgan fingerprint density at radius 1 is 1.00 bits per heavy atom. The summed E-state index contributed by atoms with van der Waals surface area (Å²) in [4.78, 5) is 10.7. The molecule has 0 fully saturated rings. The van der Waals surface area contributed by atoms with Crippen LogP contribution in [0.2, 0.25) is 0 Å². The van der Waals surface area contributed by atoms with Gasteiger partial charge in [0.2, 0.25) is 0 Å². The zero-order chi connectivity index (χ0) is 10.1. The lowest BCUT2D eigenvalue weighted by Gasteiger charge is -2.02. The third kappa shape index (κ3) is 5.00. The van der Waals surface area contributed by atoms with Crippen LogP contribution in [0.25, 0.3) is 0 Å². The molecule has 1 heteroatoms. The number of hydrogen-bond donors (Lipinski definition) is 0. The number of aldehydes is 1. The van der Waals surface area contributed by atoms with Crippen LogP contribution in [-0.4, -0.2) is 6.29 Å². The van der Waals surface area contributed by atoms with Crippen LogP contribution >= 0.6 is 0 Å². The molecule has 0 N–H and O–H groups in total. The smallest absolute Gasteiger partial charge is 0.146 e. The van der Waals surface area contributed by atoms with Gasteiger partial charge in [0.15, 0.2) is 0 Å². The fraction of sp³-hybridized carbons (Fsp3) is 0.615. The molecule has 1 aliphatic rings. The molecule has 0 aromatic rings. The molecule has 0 amide bonds. The normalized spacial score (nSPS) is 20.4. The Morgan fingerprint density at radius 2 is 1.71 bits per heavy atom. The molecule has 1 nitrogen and oxygen atoms in total. The van der Waals surface area contributed by atoms with Crippen LogP contribution in [-0.2, 0) is 4.79 Å². The first kappa shape index (κ1) is 11.2. The van der Waals surface area contributed by atoms with E-state index in [1.807, 2.05) is 12.2 Å². The van der Waals surface area contributed by atoms with Gasteiger partial charge >= 0.3 is 0 Å². The van der Waals surface area contributed by atoms with Crippen molar-refractivity contribution in [1.29, 1.82) is 0 Å². The average Bonchev–Trinajstić information content (AvgIpc) is 2.19. The molecule has 0 saturated carbocycles. The summed E-state index contributed by atoms with van der Waals surface area (Å²) >= 11 is 0. The summed E-state index contributed by atoms with van der Waals surface area (Å²) in [6, 6.07) is 0. The van der Waals surface area contributed by atoms with Gasteiger partial charge in [0.1, 0.15) is 6.29 Å². The van der Waals surface area contributed by atoms with Crippen molar-refractivity contribution in [2.24, 2.45) is 0 Å². The summed E-state index contributed by atoms with van der Waals surface area (Å²) in [7, 11) is 0. The van der Waals surface area contributed by atoms with Crippen LogP contribution in [0.15, 0.2) is 23.8 Å². The summed E-state index contributed by atoms with van der Waals surface area (Å²) in [5.41, 5.74) is 0.946. The van der Waals surface area contributed by atoms with Crippen LogP contribution in [0.3, 0.4) is 0 Å². The minimum absolute atomic E-state index is 0.946. The number of hydrogen-bond acceptors (Lipinski definition) is 1. The van der Waals surface area contributed by atoms with E-state index in [1.165, 1.54) is 38.5 Å². The summed E-state index contributed by atoms with van der Waals surface area (Å²) in [5.74, 6) is 0. The summed E-state index contributed by atoms with van der Waals surface area (Å²) in [6.07, 6.45) is 17.0. The minimum atomic E-state index is 0.946. The van der Waals surface area contributed by atoms with Crippen molar-refractivity contribution in [2.45, 2.75) is 51.4 Å². The second-order valence-electron chi connectivity index (χ2n) is 3.95. The predicted molar refractivity (Wildman–Crippen MR) is 60.2 cm³/mol. The molecule has 78 valence electrons. The molecule has 14 heavy (non-hydrogen) atoms. The largest absolute Gasteiger partial charge is 0.298 e. The Labute approximate surface area is 86.9 Å². The van der Waals surface area contributed by atoms with Gasteiger partial charge in [-0.15, -0.1) is 0 Å². The zero-order valence-corrected chi connectivity index (χ0v) is 8.87. The first-order valence-electron chi connectivity index (χ1n) is 5.74. The van der Waals surface area contributed by atoms with E-state index < -0.39 is 0 Å². The third-order valence-electron chi connectivity index (χ3n) is 2.68. The van der Waals surface area contributed by atoms with Crippen LogP contribution in [0.1, 0.15) is 51.4 Å². The Morgan fingerprint density at radius 3 is 2.50 bits per heavy atom. The Bertz CT molecular complexity index is 213. The van der Waals surface area contributed by atoms with Gasteiger partial charge in [0.25, 0.3) is 0 Å². The SMILES string of the molecule is O=CC1=CC=CCCCCCCCC1. The fourth-order valence-electron chi connectivity index (χ4n) is 1.77. The van der Waals surface area contributed by atoms with Gasteiger partial charge in [-0.25, -0.2) is 0 Å². The van der Waals surface area contributed by atoms with Crippen LogP contribution in [0.5, 0.6) is 0 Å². The van der Waals surface area contributed by atoms with Crippen molar-refractivity contribution in [2.75, 3.05) is 0 Å². The number of rotatable bonds is 1. The van der Waals surface area contributed by atoms with E-state index in [0.717, 1.165) is 24.7 Å². The van der Waals surface area contributed by atoms with Crippen molar-refractivity contribution >= 4 is 6.29 Å². The lowest BCUT2D eigenvalue weighted by Crippen LogP contribution is -1.87. The highest BCUT2D eigenvalue weighted by Crippen LogP contribution is 2.13. The summed E-state index contributed by atoms with van der Waals surface area (Å²) in [6.45, 7) is 0. The maximum atomic E-state index is 10.7. The monoisotopic (exact) mass is 192 g/mol. The molecule has 0 bridgehead atoms. The Balaban J connectivity index is 2.44. The van der Waals surface area contributed by atoms with Crippen LogP contribution in [0.4, 0.5) is 0 Å². The van der Waals surface area contributed by atoms with E-state index in [-0.39, 0.29) is 0 Å². The molecular weight excluding hydrogens is 172 g/mol. The maximum Gasteiger partial charge on any atom is 0.146 e. The zero-order valence-electron chi connectivity index (χ0n) is 8.87. The molecule has 0 radical (unpaired) electrons. The minimum Gasteiger partial charge on any atom is -0.298 e. The van der Waals surface area contributed by atoms with E-state index in [1.54, 1.807) is 0 Å². The van der Waals surface area contributed by atoms with Crippen molar-refractivity contribution in [3.63, 3.8) is 0 Å². The third-order valence-corrected chi connectivity index (χ3v) is 2.68. The molecule has 0 unspecified atom stereocenters. The number of carbonyl (C=O) groups is 1. The van der Waals surface area contributed by atoms with Gasteiger partial charge in [-0.05, 0) is 31.3 Å². The fourth-order valence-corrected chi connectivity index (χ4v) is 1.77. The van der Waals surface area contributed by atoms with Crippen LogP contribution < -0.4 is 0 Å². The molecule has 1 aliphatic carbocycles. The van der Waals surface area contributed by atoms with Crippen molar-refractivity contribution in [3.8, 4) is 0 Å². The highest BCUT2D eigenvalue weighted by molar-refractivity contribution is 5.73. The molecule has 1 rings (SSSR count). The van der Waals surface area contributed by atoms with Gasteiger partial charge in [-0.3, -0.25) is 4.79 Å². The van der Waals surface area contributed by atoms with Crippen molar-refractivity contribution in [3.05, 3.63) is 23.8 Å². The molecule has 0 spiro atoms. The van der Waals surface area contributed by atoms with E-state index in [2.05, 4.69) is 6.08 Å². The predicted octanol–water partition coefficient (Wildman–Crippen LogP) is 3.80. The molecule has 0 aromatic heterocycles. The van der Waals surface area contributed by atoms with Gasteiger partial charge in [0.05, 0.1) is 0 Å². The molecule has 0 aliphatic heterocycles. The second-order valence-corrected chi connectivity index (χ2v) is 3.95. The highest BCUT2D eigenvalue weighted by atomic mass is 16.1. The van der Waals surface area contributed by atoms with E-state index in [9.17, 15) is 4.79 Å². The van der Waals surface area contributed by atoms with Crippen molar-refractivity contribution < 1.29 is 4.79 Å². The lowest BCUT2D eigenvalue weighted by molar-refractivity contribution is -0.105. The molecule has 0 aromatic carbocycles. The second kappa shape index (κ2) is 7.54. The first-order valence-corrected chi connectivity index (χ1v) is 5.74. The maximum absolute atomic E-state index is 10.7. The van der Waals surface area contributed by atoms with Gasteiger partial charge in [-0.1, -0.05) is 43.9 Å². The topological polar surface area (TPSA) is 17.1 Å². The van der Waals surface area contributed by atoms with Crippen LogP contribution in [0, 0.1) is 0 Å². The van der Waals surface area contributed by atoms with Gasteiger partial charge in [-0.2, -0.15) is 0 Å². The molecule has 0 saturated heterocycles. The number of carbonyl (C=O) groups excluding carboxylic acids is 1. The number of allylic oxidation sites excluding steroid dienone is 4.